The van der Waals surface area contributed by atoms with Crippen molar-refractivity contribution >= 4 is 18.8 Å². The molecule has 0 saturated carbocycles. The summed E-state index contributed by atoms with van der Waals surface area (Å²) < 4.78 is 32.2. The minimum atomic E-state index is -1.90. The smallest absolute Gasteiger partial charge is 0.217 e. The summed E-state index contributed by atoms with van der Waals surface area (Å²) >= 11 is 3.65. The van der Waals surface area contributed by atoms with E-state index in [-0.39, 0.29) is 0 Å². The van der Waals surface area contributed by atoms with Gasteiger partial charge >= 0.3 is 0 Å². The minimum absolute atomic E-state index is 0.570. The van der Waals surface area contributed by atoms with Crippen molar-refractivity contribution < 1.29 is 78.6 Å². The van der Waals surface area contributed by atoms with Crippen LogP contribution in [0.3, 0.4) is 0 Å². The van der Waals surface area contributed by atoms with E-state index in [1.807, 2.05) is 0 Å². The number of rotatable bonds is 9. The topological polar surface area (TPSA) is 267 Å². The van der Waals surface area contributed by atoms with Gasteiger partial charge in [-0.25, -0.2) is 0 Å². The number of carbonyl (C=O) groups excluding carboxylic acids is 1. The maximum absolute atomic E-state index is 11.6. The number of amides is 1. The highest BCUT2D eigenvalue weighted by molar-refractivity contribution is 7.75. The van der Waals surface area contributed by atoms with Crippen LogP contribution < -0.4 is 5.32 Å². The lowest BCUT2D eigenvalue weighted by molar-refractivity contribution is -0.374. The van der Waals surface area contributed by atoms with Gasteiger partial charge in [0.05, 0.1) is 19.8 Å². The first-order valence-corrected chi connectivity index (χ1v) is 12.1. The first-order chi connectivity index (χ1) is 18.0. The second-order valence-corrected chi connectivity index (χ2v) is 9.36. The summed E-state index contributed by atoms with van der Waals surface area (Å²) in [6.45, 7) is -1.12. The summed E-state index contributed by atoms with van der Waals surface area (Å²) in [5.74, 6) is -0.570. The van der Waals surface area contributed by atoms with Crippen molar-refractivity contribution in [2.45, 2.75) is 99.0 Å². The molecule has 0 spiro atoms. The number of aliphatic hydroxyl groups excluding tert-OH is 9. The van der Waals surface area contributed by atoms with E-state index in [4.69, 9.17) is 27.9 Å². The van der Waals surface area contributed by atoms with Gasteiger partial charge < -0.3 is 75.0 Å². The molecule has 3 aliphatic heterocycles. The minimum Gasteiger partial charge on any atom is -0.394 e. The molecule has 0 aliphatic carbocycles. The number of carbonyl (C=O) groups is 1. The second-order valence-electron chi connectivity index (χ2n) is 9.15. The van der Waals surface area contributed by atoms with Crippen molar-refractivity contribution in [3.63, 3.8) is 0 Å². The Bertz CT molecular complexity index is 767. The van der Waals surface area contributed by atoms with Crippen LogP contribution in [0.5, 0.6) is 0 Å². The van der Waals surface area contributed by atoms with Crippen LogP contribution in [0, 0.1) is 0 Å². The standard InChI is InChI=1S/C20H35NO16S/c1-5(25)21-9-12(28)16(8(4-24)34-18(9)37-38)35-20-15(31)17(11(27)7(3-23)33-20)36-19-14(30)13(29)10(26)6(2-22)32-19/h6-20,22-24,26-31,38H,2-4H2,1H3,(H,21,25)/t6?,7?,8?,9?,10-,11-,12?,13?,14-,15?,16+,17?,18-,19+,20-/m0/s1. The van der Waals surface area contributed by atoms with Gasteiger partial charge in [0.1, 0.15) is 73.2 Å². The first kappa shape index (κ1) is 31.7. The van der Waals surface area contributed by atoms with Crippen molar-refractivity contribution in [2.75, 3.05) is 19.8 Å². The average molecular weight is 578 g/mol. The normalized spacial score (nSPS) is 48.0. The largest absolute Gasteiger partial charge is 0.394 e. The van der Waals surface area contributed by atoms with E-state index >= 15 is 0 Å². The molecule has 38 heavy (non-hydrogen) atoms. The van der Waals surface area contributed by atoms with Gasteiger partial charge in [-0.3, -0.25) is 8.98 Å². The Kier molecular flexibility index (Phi) is 11.5. The van der Waals surface area contributed by atoms with E-state index in [0.717, 1.165) is 0 Å². The summed E-state index contributed by atoms with van der Waals surface area (Å²) in [5.41, 5.74) is 0. The van der Waals surface area contributed by atoms with Crippen LogP contribution in [0.25, 0.3) is 0 Å². The summed E-state index contributed by atoms with van der Waals surface area (Å²) in [4.78, 5) is 11.6. The van der Waals surface area contributed by atoms with Crippen molar-refractivity contribution in [1.82, 2.24) is 5.32 Å². The quantitative estimate of drug-likeness (QED) is 0.0898. The molecule has 0 bridgehead atoms. The highest BCUT2D eigenvalue weighted by Crippen LogP contribution is 2.32. The van der Waals surface area contributed by atoms with Crippen LogP contribution in [-0.4, -0.2) is 164 Å². The Balaban J connectivity index is 1.81. The van der Waals surface area contributed by atoms with Gasteiger partial charge in [-0.15, -0.1) is 0 Å². The summed E-state index contributed by atoms with van der Waals surface area (Å²) in [5, 5.41) is 94.0. The van der Waals surface area contributed by atoms with Crippen LogP contribution in [0.4, 0.5) is 0 Å². The molecular formula is C20H35NO16S. The lowest BCUT2D eigenvalue weighted by atomic mass is 9.95. The Morgan fingerprint density at radius 2 is 1.18 bits per heavy atom. The van der Waals surface area contributed by atoms with Crippen LogP contribution >= 0.6 is 12.9 Å². The zero-order valence-corrected chi connectivity index (χ0v) is 21.0. The zero-order valence-electron chi connectivity index (χ0n) is 20.1. The summed E-state index contributed by atoms with van der Waals surface area (Å²) in [7, 11) is 0. The van der Waals surface area contributed by atoms with Crippen molar-refractivity contribution in [3.8, 4) is 0 Å². The predicted octanol–water partition coefficient (Wildman–Crippen LogP) is -6.56. The molecule has 3 heterocycles. The molecule has 0 aromatic heterocycles. The first-order valence-electron chi connectivity index (χ1n) is 11.7. The molecule has 8 unspecified atom stereocenters. The fraction of sp³-hybridized carbons (Fsp3) is 0.950. The molecule has 0 radical (unpaired) electrons. The lowest BCUT2D eigenvalue weighted by Gasteiger charge is -2.48. The molecule has 15 atom stereocenters. The SMILES string of the molecule is CC(=O)NC1C(O)[C@H](O[C@@H]2OC(CO)[C@H](O)C(O[C@H]3OC(CO)[C@H](O)C(O)[C@@H]3O)C2O)C(CO)O[C@H]1OS. The number of hydrogen-bond acceptors (Lipinski definition) is 17. The van der Waals surface area contributed by atoms with E-state index in [1.54, 1.807) is 0 Å². The molecule has 222 valence electrons. The third-order valence-electron chi connectivity index (χ3n) is 6.58. The molecule has 3 saturated heterocycles. The van der Waals surface area contributed by atoms with Gasteiger partial charge in [0.25, 0.3) is 0 Å². The Morgan fingerprint density at radius 1 is 0.684 bits per heavy atom. The third kappa shape index (κ3) is 6.57. The monoisotopic (exact) mass is 577 g/mol. The van der Waals surface area contributed by atoms with Gasteiger partial charge in [0.2, 0.25) is 5.91 Å². The molecule has 10 N–H and O–H groups in total. The number of ether oxygens (including phenoxy) is 5. The number of nitrogens with one attached hydrogen (secondary N) is 1. The Labute approximate surface area is 222 Å². The van der Waals surface area contributed by atoms with Crippen LogP contribution in [0.1, 0.15) is 6.92 Å². The van der Waals surface area contributed by atoms with Gasteiger partial charge in [-0.1, -0.05) is 0 Å². The molecule has 18 heteroatoms. The van der Waals surface area contributed by atoms with Crippen molar-refractivity contribution in [2.24, 2.45) is 0 Å². The Morgan fingerprint density at radius 3 is 1.71 bits per heavy atom. The van der Waals surface area contributed by atoms with Gasteiger partial charge in [0, 0.05) is 6.92 Å². The molecule has 1 amide bonds. The molecule has 17 nitrogen and oxygen atoms in total. The highest BCUT2D eigenvalue weighted by atomic mass is 32.1. The molecule has 0 aromatic carbocycles. The van der Waals surface area contributed by atoms with Crippen LogP contribution in [0.15, 0.2) is 0 Å². The van der Waals surface area contributed by atoms with E-state index in [9.17, 15) is 50.8 Å². The predicted molar refractivity (Wildman–Crippen MR) is 121 cm³/mol. The molecule has 3 fully saturated rings. The van der Waals surface area contributed by atoms with E-state index in [1.165, 1.54) is 6.92 Å². The number of hydrogen-bond donors (Lipinski definition) is 11. The maximum atomic E-state index is 11.6. The summed E-state index contributed by atoms with van der Waals surface area (Å²) in [6.07, 6.45) is -22.7. The third-order valence-corrected chi connectivity index (χ3v) is 6.79. The van der Waals surface area contributed by atoms with Crippen LogP contribution in [-0.2, 0) is 32.7 Å². The molecule has 0 aromatic rings. The second kappa shape index (κ2) is 13.7. The average Bonchev–Trinajstić information content (AvgIpc) is 2.89. The zero-order chi connectivity index (χ0) is 28.3. The van der Waals surface area contributed by atoms with Crippen LogP contribution in [0.2, 0.25) is 0 Å². The van der Waals surface area contributed by atoms with E-state index in [2.05, 4.69) is 18.2 Å². The van der Waals surface area contributed by atoms with Gasteiger partial charge in [-0.05, 0) is 12.9 Å². The molecular weight excluding hydrogens is 542 g/mol. The lowest BCUT2D eigenvalue weighted by Crippen LogP contribution is -2.68. The van der Waals surface area contributed by atoms with E-state index in [0.29, 0.717) is 0 Å². The molecule has 3 rings (SSSR count). The fourth-order valence-electron chi connectivity index (χ4n) is 4.53. The van der Waals surface area contributed by atoms with Gasteiger partial charge in [-0.2, -0.15) is 0 Å². The number of aliphatic hydroxyl groups is 9. The van der Waals surface area contributed by atoms with E-state index < -0.39 is 118 Å². The number of thiol groups is 1. The van der Waals surface area contributed by atoms with Crippen molar-refractivity contribution in [3.05, 3.63) is 0 Å². The molecule has 3 aliphatic rings. The Hall–Kier alpha value is -0.780. The van der Waals surface area contributed by atoms with Crippen molar-refractivity contribution in [1.29, 1.82) is 0 Å². The summed E-state index contributed by atoms with van der Waals surface area (Å²) in [6, 6.07) is -1.24. The van der Waals surface area contributed by atoms with Gasteiger partial charge in [0.15, 0.2) is 18.9 Å². The maximum Gasteiger partial charge on any atom is 0.217 e. The highest BCUT2D eigenvalue weighted by Gasteiger charge is 2.54. The fourth-order valence-corrected chi connectivity index (χ4v) is 4.71.